The third-order valence-electron chi connectivity index (χ3n) is 3.79. The number of nitrogens with one attached hydrogen (secondary N) is 2. The van der Waals surface area contributed by atoms with Crippen LogP contribution in [0.2, 0.25) is 0 Å². The van der Waals surface area contributed by atoms with Gasteiger partial charge in [0.25, 0.3) is 5.91 Å². The van der Waals surface area contributed by atoms with E-state index in [4.69, 9.17) is 0 Å². The normalized spacial score (nSPS) is 10.3. The van der Waals surface area contributed by atoms with Crippen molar-refractivity contribution in [2.24, 2.45) is 0 Å². The number of rotatable bonds is 5. The molecule has 0 aliphatic heterocycles. The smallest absolute Gasteiger partial charge is 0.258 e. The van der Waals surface area contributed by atoms with Gasteiger partial charge in [0.2, 0.25) is 5.95 Å². The largest absolute Gasteiger partial charge is 0.349 e. The molecule has 1 amide bonds. The number of amides is 1. The fraction of sp³-hybridized carbons (Fsp3) is 0.158. The van der Waals surface area contributed by atoms with Crippen molar-refractivity contribution in [3.05, 3.63) is 77.4 Å². The second-order valence-corrected chi connectivity index (χ2v) is 5.69. The van der Waals surface area contributed by atoms with Crippen LogP contribution in [-0.2, 0) is 6.54 Å². The SMILES string of the molecule is Cc1cccc(C)c1NC(=O)c1cnc(NCc2ccccn2)nc1. The van der Waals surface area contributed by atoms with Crippen LogP contribution in [0.4, 0.5) is 11.6 Å². The molecule has 6 nitrogen and oxygen atoms in total. The number of nitrogens with zero attached hydrogens (tertiary/aromatic N) is 3. The van der Waals surface area contributed by atoms with Gasteiger partial charge in [-0.25, -0.2) is 9.97 Å². The van der Waals surface area contributed by atoms with E-state index in [9.17, 15) is 4.79 Å². The molecule has 126 valence electrons. The van der Waals surface area contributed by atoms with Crippen LogP contribution in [0.15, 0.2) is 55.0 Å². The molecular formula is C19H19N5O. The van der Waals surface area contributed by atoms with Gasteiger partial charge >= 0.3 is 0 Å². The van der Waals surface area contributed by atoms with Crippen LogP contribution in [0.5, 0.6) is 0 Å². The fourth-order valence-electron chi connectivity index (χ4n) is 2.41. The summed E-state index contributed by atoms with van der Waals surface area (Å²) in [5.74, 6) is 0.225. The van der Waals surface area contributed by atoms with Gasteiger partial charge in [0.05, 0.1) is 17.8 Å². The zero-order valence-corrected chi connectivity index (χ0v) is 14.2. The Morgan fingerprint density at radius 1 is 0.960 bits per heavy atom. The third-order valence-corrected chi connectivity index (χ3v) is 3.79. The van der Waals surface area contributed by atoms with Gasteiger partial charge in [-0.1, -0.05) is 24.3 Å². The van der Waals surface area contributed by atoms with Crippen molar-refractivity contribution in [3.63, 3.8) is 0 Å². The first kappa shape index (κ1) is 16.6. The monoisotopic (exact) mass is 333 g/mol. The van der Waals surface area contributed by atoms with Crippen molar-refractivity contribution in [2.75, 3.05) is 10.6 Å². The lowest BCUT2D eigenvalue weighted by Gasteiger charge is -2.11. The van der Waals surface area contributed by atoms with Crippen molar-refractivity contribution < 1.29 is 4.79 Å². The van der Waals surface area contributed by atoms with Crippen LogP contribution in [0, 0.1) is 13.8 Å². The van der Waals surface area contributed by atoms with Gasteiger partial charge in [0.15, 0.2) is 0 Å². The Hall–Kier alpha value is -3.28. The summed E-state index contributed by atoms with van der Waals surface area (Å²) in [5, 5.41) is 6.00. The number of aryl methyl sites for hydroxylation is 2. The molecule has 0 spiro atoms. The summed E-state index contributed by atoms with van der Waals surface area (Å²) in [6.07, 6.45) is 4.76. The summed E-state index contributed by atoms with van der Waals surface area (Å²) >= 11 is 0. The molecule has 0 atom stereocenters. The van der Waals surface area contributed by atoms with Crippen LogP contribution < -0.4 is 10.6 Å². The third kappa shape index (κ3) is 4.17. The second-order valence-electron chi connectivity index (χ2n) is 5.69. The standard InChI is InChI=1S/C19H19N5O/c1-13-6-5-7-14(2)17(13)24-18(25)15-10-21-19(22-11-15)23-12-16-8-3-4-9-20-16/h3-11H,12H2,1-2H3,(H,24,25)(H,21,22,23). The molecule has 0 saturated heterocycles. The van der Waals surface area contributed by atoms with Gasteiger partial charge in [0, 0.05) is 24.3 Å². The number of pyridine rings is 1. The Labute approximate surface area is 146 Å². The minimum absolute atomic E-state index is 0.228. The number of hydrogen-bond donors (Lipinski definition) is 2. The summed E-state index contributed by atoms with van der Waals surface area (Å²) in [6, 6.07) is 11.6. The maximum Gasteiger partial charge on any atom is 0.258 e. The molecule has 0 aliphatic carbocycles. The van der Waals surface area contributed by atoms with Crippen molar-refractivity contribution >= 4 is 17.5 Å². The molecule has 0 fully saturated rings. The highest BCUT2D eigenvalue weighted by Crippen LogP contribution is 2.20. The van der Waals surface area contributed by atoms with Gasteiger partial charge < -0.3 is 10.6 Å². The molecule has 0 saturated carbocycles. The van der Waals surface area contributed by atoms with E-state index in [0.29, 0.717) is 18.1 Å². The van der Waals surface area contributed by atoms with Gasteiger partial charge in [-0.05, 0) is 37.1 Å². The average molecular weight is 333 g/mol. The fourth-order valence-corrected chi connectivity index (χ4v) is 2.41. The topological polar surface area (TPSA) is 79.8 Å². The molecule has 0 bridgehead atoms. The lowest BCUT2D eigenvalue weighted by molar-refractivity contribution is 0.102. The highest BCUT2D eigenvalue weighted by Gasteiger charge is 2.10. The molecule has 0 radical (unpaired) electrons. The molecule has 2 N–H and O–H groups in total. The Morgan fingerprint density at radius 3 is 2.32 bits per heavy atom. The average Bonchev–Trinajstić information content (AvgIpc) is 2.64. The Morgan fingerprint density at radius 2 is 1.68 bits per heavy atom. The first-order chi connectivity index (χ1) is 12.1. The number of carbonyl (C=O) groups excluding carboxylic acids is 1. The van der Waals surface area contributed by atoms with E-state index in [-0.39, 0.29) is 5.91 Å². The highest BCUT2D eigenvalue weighted by atomic mass is 16.1. The predicted octanol–water partition coefficient (Wildman–Crippen LogP) is 3.35. The molecule has 1 aromatic carbocycles. The number of carbonyl (C=O) groups is 1. The van der Waals surface area contributed by atoms with E-state index >= 15 is 0 Å². The molecule has 0 unspecified atom stereocenters. The second kappa shape index (κ2) is 7.53. The van der Waals surface area contributed by atoms with Gasteiger partial charge in [0.1, 0.15) is 0 Å². The number of anilines is 2. The Kier molecular flexibility index (Phi) is 4.99. The quantitative estimate of drug-likeness (QED) is 0.748. The first-order valence-corrected chi connectivity index (χ1v) is 7.97. The molecular weight excluding hydrogens is 314 g/mol. The van der Waals surface area contributed by atoms with Crippen LogP contribution in [0.25, 0.3) is 0 Å². The van der Waals surface area contributed by atoms with E-state index in [0.717, 1.165) is 22.5 Å². The van der Waals surface area contributed by atoms with E-state index < -0.39 is 0 Å². The Bertz CT molecular complexity index is 842. The Balaban J connectivity index is 1.64. The van der Waals surface area contributed by atoms with Gasteiger partial charge in [-0.3, -0.25) is 9.78 Å². The lowest BCUT2D eigenvalue weighted by atomic mass is 10.1. The molecule has 3 rings (SSSR count). The summed E-state index contributed by atoms with van der Waals surface area (Å²) in [7, 11) is 0. The highest BCUT2D eigenvalue weighted by molar-refractivity contribution is 6.04. The van der Waals surface area contributed by atoms with E-state index in [2.05, 4.69) is 25.6 Å². The zero-order chi connectivity index (χ0) is 17.6. The molecule has 25 heavy (non-hydrogen) atoms. The number of aromatic nitrogens is 3. The molecule has 6 heteroatoms. The van der Waals surface area contributed by atoms with E-state index in [1.165, 1.54) is 12.4 Å². The van der Waals surface area contributed by atoms with Gasteiger partial charge in [-0.15, -0.1) is 0 Å². The zero-order valence-electron chi connectivity index (χ0n) is 14.2. The van der Waals surface area contributed by atoms with E-state index in [1.807, 2.05) is 50.2 Å². The number of hydrogen-bond acceptors (Lipinski definition) is 5. The first-order valence-electron chi connectivity index (χ1n) is 7.97. The summed E-state index contributed by atoms with van der Waals surface area (Å²) in [6.45, 7) is 4.45. The van der Waals surface area contributed by atoms with E-state index in [1.54, 1.807) is 6.20 Å². The van der Waals surface area contributed by atoms with Crippen LogP contribution >= 0.6 is 0 Å². The summed E-state index contributed by atoms with van der Waals surface area (Å²) < 4.78 is 0. The van der Waals surface area contributed by atoms with Crippen molar-refractivity contribution in [1.29, 1.82) is 0 Å². The van der Waals surface area contributed by atoms with Crippen molar-refractivity contribution in [2.45, 2.75) is 20.4 Å². The molecule has 0 aliphatic rings. The van der Waals surface area contributed by atoms with Crippen LogP contribution in [0.3, 0.4) is 0 Å². The van der Waals surface area contributed by atoms with Crippen LogP contribution in [-0.4, -0.2) is 20.9 Å². The molecule has 2 heterocycles. The number of benzene rings is 1. The predicted molar refractivity (Wildman–Crippen MR) is 97.5 cm³/mol. The van der Waals surface area contributed by atoms with Gasteiger partial charge in [-0.2, -0.15) is 0 Å². The molecule has 2 aromatic heterocycles. The molecule has 3 aromatic rings. The van der Waals surface area contributed by atoms with Crippen LogP contribution in [0.1, 0.15) is 27.2 Å². The minimum Gasteiger partial charge on any atom is -0.349 e. The lowest BCUT2D eigenvalue weighted by Crippen LogP contribution is -2.15. The van der Waals surface area contributed by atoms with Crippen molar-refractivity contribution in [3.8, 4) is 0 Å². The maximum absolute atomic E-state index is 12.4. The summed E-state index contributed by atoms with van der Waals surface area (Å²) in [5.41, 5.74) is 4.16. The minimum atomic E-state index is -0.228. The van der Waals surface area contributed by atoms with Crippen molar-refractivity contribution in [1.82, 2.24) is 15.0 Å². The number of para-hydroxylation sites is 1. The summed E-state index contributed by atoms with van der Waals surface area (Å²) in [4.78, 5) is 25.0. The maximum atomic E-state index is 12.4.